The molecule has 6 rings (SSSR count). The number of primary amides is 1. The van der Waals surface area contributed by atoms with Crippen molar-refractivity contribution in [2.75, 3.05) is 26.2 Å². The number of aromatic nitrogens is 1. The number of likely N-dealkylation sites (tertiary alicyclic amines) is 1. The zero-order chi connectivity index (χ0) is 51.9. The predicted molar refractivity (Wildman–Crippen MR) is 259 cm³/mol. The van der Waals surface area contributed by atoms with Crippen LogP contribution in [0.1, 0.15) is 102 Å². The zero-order valence-corrected chi connectivity index (χ0v) is 41.8. The average molecular weight is 1010 g/mol. The summed E-state index contributed by atoms with van der Waals surface area (Å²) >= 11 is 1.54. The molecular formula is C50H65F2N9O9S. The van der Waals surface area contributed by atoms with E-state index in [-0.39, 0.29) is 69.5 Å². The number of nitrogens with one attached hydrogen (secondary N) is 2. The molecule has 21 heteroatoms. The van der Waals surface area contributed by atoms with Gasteiger partial charge in [-0.05, 0) is 61.3 Å². The molecule has 2 saturated heterocycles. The number of carbonyl (C=O) groups is 7. The van der Waals surface area contributed by atoms with Crippen molar-refractivity contribution in [2.45, 2.75) is 135 Å². The summed E-state index contributed by atoms with van der Waals surface area (Å²) in [4.78, 5) is 103. The molecule has 7 N–H and O–H groups in total. The molecule has 4 heterocycles. The van der Waals surface area contributed by atoms with Crippen LogP contribution in [-0.4, -0.2) is 134 Å². The lowest BCUT2D eigenvalue weighted by Gasteiger charge is -2.41. The Hall–Kier alpha value is -6.32. The van der Waals surface area contributed by atoms with Gasteiger partial charge in [0.15, 0.2) is 11.6 Å². The van der Waals surface area contributed by atoms with Crippen LogP contribution in [0.3, 0.4) is 0 Å². The summed E-state index contributed by atoms with van der Waals surface area (Å²) in [5.41, 5.74) is 15.9. The monoisotopic (exact) mass is 1010 g/mol. The molecule has 0 aliphatic carbocycles. The van der Waals surface area contributed by atoms with Crippen molar-refractivity contribution < 1.29 is 52.2 Å². The maximum Gasteiger partial charge on any atom is 0.247 e. The van der Waals surface area contributed by atoms with Crippen LogP contribution < -0.4 is 26.8 Å². The van der Waals surface area contributed by atoms with E-state index in [0.29, 0.717) is 25.1 Å². The minimum atomic E-state index is -1.11. The third kappa shape index (κ3) is 13.2. The van der Waals surface area contributed by atoms with Crippen molar-refractivity contribution in [2.24, 2.45) is 16.9 Å². The Morgan fingerprint density at radius 2 is 1.80 bits per heavy atom. The highest BCUT2D eigenvalue weighted by Gasteiger charge is 2.45. The molecule has 0 radical (unpaired) electrons. The number of hydrogen-bond donors (Lipinski definition) is 5. The van der Waals surface area contributed by atoms with Gasteiger partial charge in [-0.25, -0.2) is 13.8 Å². The number of aliphatic hydroxyl groups is 1. The molecule has 18 nitrogen and oxygen atoms in total. The van der Waals surface area contributed by atoms with Crippen molar-refractivity contribution in [3.8, 4) is 16.2 Å². The van der Waals surface area contributed by atoms with Gasteiger partial charge in [0.25, 0.3) is 0 Å². The maximum atomic E-state index is 16.1. The fourth-order valence-electron chi connectivity index (χ4n) is 9.33. The minimum Gasteiger partial charge on any atom is -0.488 e. The summed E-state index contributed by atoms with van der Waals surface area (Å²) in [7, 11) is 0. The van der Waals surface area contributed by atoms with Gasteiger partial charge in [-0.2, -0.15) is 0 Å². The number of nitrogens with two attached hydrogens (primary N) is 2. The number of benzene rings is 2. The Morgan fingerprint density at radius 1 is 1.08 bits per heavy atom. The van der Waals surface area contributed by atoms with E-state index in [1.807, 2.05) is 38.1 Å². The van der Waals surface area contributed by atoms with E-state index in [2.05, 4.69) is 15.6 Å². The van der Waals surface area contributed by atoms with Gasteiger partial charge in [-0.3, -0.25) is 38.5 Å². The number of thiazole rings is 1. The second kappa shape index (κ2) is 23.3. The number of amides is 7. The van der Waals surface area contributed by atoms with E-state index < -0.39 is 101 Å². The number of halogens is 2. The third-order valence-corrected chi connectivity index (χ3v) is 14.2. The highest BCUT2D eigenvalue weighted by molar-refractivity contribution is 7.13. The number of nitrogens with zero attached hydrogens (tertiary/aromatic N) is 5. The van der Waals surface area contributed by atoms with E-state index >= 15 is 8.78 Å². The van der Waals surface area contributed by atoms with Crippen molar-refractivity contribution in [1.82, 2.24) is 35.2 Å². The molecule has 2 aromatic carbocycles. The van der Waals surface area contributed by atoms with Crippen molar-refractivity contribution in [3.63, 3.8) is 0 Å². The van der Waals surface area contributed by atoms with Crippen molar-refractivity contribution in [3.05, 3.63) is 82.1 Å². The highest BCUT2D eigenvalue weighted by Crippen LogP contribution is 2.33. The van der Waals surface area contributed by atoms with Gasteiger partial charge in [0, 0.05) is 70.4 Å². The number of rotatable bonds is 19. The number of aliphatic hydroxyl groups excluding tert-OH is 1. The Morgan fingerprint density at radius 3 is 2.44 bits per heavy atom. The first-order valence-corrected chi connectivity index (χ1v) is 24.7. The summed E-state index contributed by atoms with van der Waals surface area (Å²) in [5.74, 6) is -5.25. The van der Waals surface area contributed by atoms with E-state index in [1.54, 1.807) is 32.4 Å². The van der Waals surface area contributed by atoms with E-state index in [4.69, 9.17) is 16.2 Å². The highest BCUT2D eigenvalue weighted by atomic mass is 32.1. The van der Waals surface area contributed by atoms with Crippen LogP contribution in [0, 0.1) is 24.0 Å². The summed E-state index contributed by atoms with van der Waals surface area (Å²) in [5, 5.41) is 16.5. The summed E-state index contributed by atoms with van der Waals surface area (Å²) in [6.45, 7) is 10.1. The van der Waals surface area contributed by atoms with Gasteiger partial charge in [-0.15, -0.1) is 11.3 Å². The maximum absolute atomic E-state index is 16.1. The third-order valence-electron chi connectivity index (χ3n) is 13.3. The number of β-amino-alcohol motifs (C(OH)–C–C–N with tert-alkyl or cyclic N) is 1. The first-order valence-electron chi connectivity index (χ1n) is 23.8. The molecule has 2 fully saturated rings. The molecule has 3 aliphatic heterocycles. The van der Waals surface area contributed by atoms with E-state index in [0.717, 1.165) is 33.8 Å². The first kappa shape index (κ1) is 54.0. The molecule has 384 valence electrons. The van der Waals surface area contributed by atoms with Crippen molar-refractivity contribution in [1.29, 1.82) is 0 Å². The normalized spacial score (nSPS) is 20.5. The second-order valence-electron chi connectivity index (χ2n) is 19.6. The largest absolute Gasteiger partial charge is 0.488 e. The van der Waals surface area contributed by atoms with Gasteiger partial charge in [-0.1, -0.05) is 51.1 Å². The molecule has 71 heavy (non-hydrogen) atoms. The van der Waals surface area contributed by atoms with Crippen LogP contribution in [0.2, 0.25) is 0 Å². The van der Waals surface area contributed by atoms with Crippen LogP contribution >= 0.6 is 11.3 Å². The van der Waals surface area contributed by atoms with E-state index in [1.165, 1.54) is 37.9 Å². The molecule has 0 spiro atoms. The second-order valence-corrected chi connectivity index (χ2v) is 20.4. The predicted octanol–water partition coefficient (Wildman–Crippen LogP) is 3.58. The summed E-state index contributed by atoms with van der Waals surface area (Å²) in [6.07, 6.45) is 0.388. The molecule has 0 bridgehead atoms. The van der Waals surface area contributed by atoms with Crippen molar-refractivity contribution >= 4 is 53.2 Å². The topological polar surface area (TPSA) is 251 Å². The van der Waals surface area contributed by atoms with Crippen LogP contribution in [-0.2, 0) is 40.0 Å². The molecular weight excluding hydrogens is 941 g/mol. The van der Waals surface area contributed by atoms with Gasteiger partial charge in [0.1, 0.15) is 36.7 Å². The van der Waals surface area contributed by atoms with E-state index in [9.17, 15) is 38.7 Å². The Labute approximate surface area is 416 Å². The lowest BCUT2D eigenvalue weighted by Crippen LogP contribution is -2.59. The number of fused-ring (bicyclic) bond motifs is 1. The quantitative estimate of drug-likeness (QED) is 0.109. The molecule has 7 atom stereocenters. The fourth-order valence-corrected chi connectivity index (χ4v) is 10.1. The van der Waals surface area contributed by atoms with Crippen LogP contribution in [0.15, 0.2) is 53.7 Å². The SMILES string of the molecule is CC(=O)N1CCC2=CC[C@@H](N(C=O)[C@@H](CCC(N)=O)COc3cc(F)cc(CCCC(=O)N[C@H](C(=O)N4C[C@H](O)C[C@H]4C(=O)N[C@@H](C)c4ccc(-c5scnc5C)cc4)C(C)(C)C)c3F)N2C(=O)[C@@H](N)C1. The Kier molecular flexibility index (Phi) is 17.7. The number of aryl methyl sites for hydroxylation is 2. The molecule has 0 saturated carbocycles. The summed E-state index contributed by atoms with van der Waals surface area (Å²) in [6, 6.07) is 4.97. The fraction of sp³-hybridized carbons (Fsp3) is 0.520. The molecule has 3 aromatic rings. The van der Waals surface area contributed by atoms with Gasteiger partial charge < -0.3 is 46.6 Å². The molecule has 3 aliphatic rings. The number of hydrogen-bond acceptors (Lipinski definition) is 12. The standard InChI is InChI=1S/C50H65F2N9O9S/c1-28(31-10-12-32(13-11-31)45-29(2)55-26-71-45)56-47(67)39-22-37(64)23-59(39)49(69)46(50(4,5)6)57-42(66)9-7-8-33-20-34(51)21-40(44(33)52)70-25-36(14-16-41(54)65)60(27-62)43-17-15-35-18-19-58(30(3)63)24-38(53)48(68)61(35)43/h10-13,15,20-21,26-28,36-39,43,46,64H,7-9,14,16-19,22-25,53H2,1-6H3,(H2,54,65)(H,56,67)(H,57,66)/t28-,36-,37+,38-,39-,43-,46+/m0/s1. The smallest absolute Gasteiger partial charge is 0.247 e. The lowest BCUT2D eigenvalue weighted by molar-refractivity contribution is -0.144. The lowest BCUT2D eigenvalue weighted by atomic mass is 9.85. The van der Waals surface area contributed by atoms with Crippen LogP contribution in [0.5, 0.6) is 5.75 Å². The van der Waals surface area contributed by atoms with Crippen LogP contribution in [0.4, 0.5) is 8.78 Å². The number of carbonyl (C=O) groups excluding carboxylic acids is 7. The first-order chi connectivity index (χ1) is 33.6. The average Bonchev–Trinajstić information content (AvgIpc) is 4.05. The summed E-state index contributed by atoms with van der Waals surface area (Å²) < 4.78 is 37.0. The van der Waals surface area contributed by atoms with Gasteiger partial charge >= 0.3 is 0 Å². The van der Waals surface area contributed by atoms with Crippen LogP contribution in [0.25, 0.3) is 10.4 Å². The van der Waals surface area contributed by atoms with Gasteiger partial charge in [0.05, 0.1) is 34.3 Å². The minimum absolute atomic E-state index is 0.00365. The Bertz CT molecular complexity index is 2500. The molecule has 7 amide bonds. The van der Waals surface area contributed by atoms with Gasteiger partial charge in [0.2, 0.25) is 41.9 Å². The number of ether oxygens (including phenoxy) is 1. The molecule has 0 unspecified atom stereocenters. The Balaban J connectivity index is 1.07. The zero-order valence-electron chi connectivity index (χ0n) is 41.0. The molecule has 1 aromatic heterocycles.